The molecule has 0 saturated heterocycles. The van der Waals surface area contributed by atoms with Gasteiger partial charge in [0.05, 0.1) is 0 Å². The van der Waals surface area contributed by atoms with Crippen molar-refractivity contribution in [2.24, 2.45) is 0 Å². The first-order valence-electron chi connectivity index (χ1n) is 1.71. The zero-order chi connectivity index (χ0) is 10.8. The van der Waals surface area contributed by atoms with E-state index in [1.807, 2.05) is 0 Å². The van der Waals surface area contributed by atoms with Gasteiger partial charge in [0, 0.05) is 0 Å². The van der Waals surface area contributed by atoms with E-state index in [0.717, 1.165) is 0 Å². The molecule has 2 radical (unpaired) electrons. The van der Waals surface area contributed by atoms with Gasteiger partial charge in [0.2, 0.25) is 0 Å². The first kappa shape index (κ1) is 39.1. The van der Waals surface area contributed by atoms with Crippen LogP contribution in [0.25, 0.3) is 21.6 Å². The molecule has 0 amide bonds. The molecule has 0 atom stereocenters. The van der Waals surface area contributed by atoms with Crippen molar-refractivity contribution in [1.82, 2.24) is 0 Å². The molecule has 14 heavy (non-hydrogen) atoms. The zero-order valence-corrected chi connectivity index (χ0v) is 8.17. The van der Waals surface area contributed by atoms with E-state index in [4.69, 9.17) is 40.8 Å². The van der Waals surface area contributed by atoms with Gasteiger partial charge in [0.25, 0.3) is 0 Å². The number of rotatable bonds is 0. The molecule has 0 aromatic rings. The van der Waals surface area contributed by atoms with Gasteiger partial charge < -0.3 is 21.6 Å². The van der Waals surface area contributed by atoms with Crippen molar-refractivity contribution in [2.75, 3.05) is 0 Å². The van der Waals surface area contributed by atoms with Crippen LogP contribution in [0, 0.1) is 0 Å². The fraction of sp³-hybridized carbons (Fsp3) is 0. The number of carbonyl (C=O) groups excluding carboxylic acids is 4. The van der Waals surface area contributed by atoms with E-state index >= 15 is 0 Å². The summed E-state index contributed by atoms with van der Waals surface area (Å²) in [5.41, 5.74) is 0. The van der Waals surface area contributed by atoms with Crippen molar-refractivity contribution in [3.8, 4) is 0 Å². The molecule has 0 unspecified atom stereocenters. The third-order valence-corrected chi connectivity index (χ3v) is 0. The number of hydrogen-bond acceptors (Lipinski definition) is 4. The first-order valence-corrected chi connectivity index (χ1v) is 1.71. The maximum absolute atomic E-state index is 8.24. The first-order chi connectivity index (χ1) is 5.66. The van der Waals surface area contributed by atoms with Crippen LogP contribution < -0.4 is 0 Å². The Morgan fingerprint density at radius 2 is 0.500 bits per heavy atom. The predicted molar refractivity (Wildman–Crippen MR) is 36.2 cm³/mol. The average molecular weight is 286 g/mol. The van der Waals surface area contributed by atoms with Crippen molar-refractivity contribution < 1.29 is 52.7 Å². The van der Waals surface area contributed by atoms with Crippen molar-refractivity contribution in [3.05, 3.63) is 21.6 Å². The Morgan fingerprint density at radius 1 is 0.500 bits per heavy atom. The molecule has 0 rings (SSSR count). The number of isocyanates is 4. The average Bonchev–Trinajstić information content (AvgIpc) is 1.92. The van der Waals surface area contributed by atoms with Crippen LogP contribution in [-0.2, 0) is 52.7 Å². The second kappa shape index (κ2) is 199. The largest absolute Gasteiger partial charge is 2.00 e. The molecule has 0 fully saturated rings. The van der Waals surface area contributed by atoms with Crippen LogP contribution in [0.5, 0.6) is 0 Å². The molecule has 0 aliphatic rings. The van der Waals surface area contributed by atoms with Crippen LogP contribution in [0.1, 0.15) is 0 Å². The summed E-state index contributed by atoms with van der Waals surface area (Å²) in [6.45, 7) is 0. The molecular formula is C4Co2N4O4. The minimum atomic E-state index is 0. The van der Waals surface area contributed by atoms with E-state index in [1.54, 1.807) is 0 Å². The zero-order valence-electron chi connectivity index (χ0n) is 6.09. The Morgan fingerprint density at radius 3 is 0.500 bits per heavy atom. The van der Waals surface area contributed by atoms with Gasteiger partial charge in [-0.1, -0.05) is 0 Å². The van der Waals surface area contributed by atoms with E-state index < -0.39 is 0 Å². The Balaban J connectivity index is -0.0000000145. The molecule has 0 aliphatic heterocycles. The summed E-state index contributed by atoms with van der Waals surface area (Å²) < 4.78 is 0. The summed E-state index contributed by atoms with van der Waals surface area (Å²) in [5, 5.41) is 27.1. The minimum absolute atomic E-state index is 0. The van der Waals surface area contributed by atoms with Gasteiger partial charge in [-0.25, -0.2) is 0 Å². The molecule has 0 heterocycles. The molecule has 10 heteroatoms. The van der Waals surface area contributed by atoms with Crippen LogP contribution in [0.15, 0.2) is 0 Å². The Labute approximate surface area is 98.9 Å². The van der Waals surface area contributed by atoms with Gasteiger partial charge in [0.15, 0.2) is 0 Å². The molecule has 78 valence electrons. The molecule has 0 spiro atoms. The van der Waals surface area contributed by atoms with Gasteiger partial charge in [-0.05, 0) is 24.3 Å². The van der Waals surface area contributed by atoms with E-state index in [9.17, 15) is 0 Å². The Bertz CT molecular complexity index is 159. The Kier molecular flexibility index (Phi) is 556. The summed E-state index contributed by atoms with van der Waals surface area (Å²) in [4.78, 5) is 32.9. The van der Waals surface area contributed by atoms with Gasteiger partial charge >= 0.3 is 33.6 Å². The second-order valence-corrected chi connectivity index (χ2v) is 0.365. The van der Waals surface area contributed by atoms with Crippen molar-refractivity contribution in [2.45, 2.75) is 0 Å². The fourth-order valence-electron chi connectivity index (χ4n) is 0. The van der Waals surface area contributed by atoms with Crippen LogP contribution in [0.4, 0.5) is 0 Å². The molecule has 8 nitrogen and oxygen atoms in total. The molecule has 0 aromatic heterocycles. The van der Waals surface area contributed by atoms with Gasteiger partial charge in [-0.2, -0.15) is 0 Å². The Hall–Kier alpha value is -1.47. The summed E-state index contributed by atoms with van der Waals surface area (Å²) in [5.74, 6) is 0. The quantitative estimate of drug-likeness (QED) is 0.436. The van der Waals surface area contributed by atoms with Crippen molar-refractivity contribution >= 4 is 24.3 Å². The maximum Gasteiger partial charge on any atom is 2.00 e. The molecule has 0 saturated carbocycles. The minimum Gasteiger partial charge on any atom is -0.724 e. The smallest absolute Gasteiger partial charge is 0.724 e. The monoisotopic (exact) mass is 286 g/mol. The molecule has 0 N–H and O–H groups in total. The van der Waals surface area contributed by atoms with E-state index in [-0.39, 0.29) is 33.6 Å². The summed E-state index contributed by atoms with van der Waals surface area (Å²) in [6.07, 6.45) is 2.00. The fourth-order valence-corrected chi connectivity index (χ4v) is 0. The number of hydrogen-bond donors (Lipinski definition) is 0. The van der Waals surface area contributed by atoms with Gasteiger partial charge in [-0.15, -0.1) is 0 Å². The molecule has 0 bridgehead atoms. The number of nitrogens with zero attached hydrogens (tertiary/aromatic N) is 4. The van der Waals surface area contributed by atoms with Crippen molar-refractivity contribution in [1.29, 1.82) is 0 Å². The summed E-state index contributed by atoms with van der Waals surface area (Å²) in [6, 6.07) is 0. The van der Waals surface area contributed by atoms with Crippen molar-refractivity contribution in [3.63, 3.8) is 0 Å². The van der Waals surface area contributed by atoms with E-state index in [1.165, 1.54) is 0 Å². The topological polar surface area (TPSA) is 157 Å². The van der Waals surface area contributed by atoms with E-state index in [2.05, 4.69) is 0 Å². The second-order valence-electron chi connectivity index (χ2n) is 0.365. The maximum atomic E-state index is 8.24. The van der Waals surface area contributed by atoms with Gasteiger partial charge in [-0.3, -0.25) is 19.2 Å². The molecule has 0 aliphatic carbocycles. The standard InChI is InChI=1S/4CNO.2Co/c4*2-1-3;;/q4*-1;2*+2. The molecule has 0 aromatic carbocycles. The van der Waals surface area contributed by atoms with Crippen LogP contribution in [0.3, 0.4) is 0 Å². The van der Waals surface area contributed by atoms with Crippen LogP contribution in [-0.4, -0.2) is 24.3 Å². The van der Waals surface area contributed by atoms with Crippen LogP contribution in [0.2, 0.25) is 0 Å². The third kappa shape index (κ3) is 445. The predicted octanol–water partition coefficient (Wildman–Crippen LogP) is -0.439. The van der Waals surface area contributed by atoms with E-state index in [0.29, 0.717) is 24.3 Å². The SMILES string of the molecule is [Co+2].[Co+2].[N-]=C=O.[N-]=C=O.[N-]=C=O.[N-]=C=O. The normalized spacial score (nSPS) is 2.29. The molecular weight excluding hydrogens is 286 g/mol. The summed E-state index contributed by atoms with van der Waals surface area (Å²) >= 11 is 0. The van der Waals surface area contributed by atoms with Crippen LogP contribution >= 0.6 is 0 Å². The third-order valence-electron chi connectivity index (χ3n) is 0. The summed E-state index contributed by atoms with van der Waals surface area (Å²) in [7, 11) is 0. The van der Waals surface area contributed by atoms with Gasteiger partial charge in [0.1, 0.15) is 0 Å².